The molecule has 1 aromatic carbocycles. The largest absolute Gasteiger partial charge is 0.466 e. The molecule has 0 aliphatic rings. The number of hydrogen-bond acceptors (Lipinski definition) is 4. The fraction of sp³-hybridized carbons (Fsp3) is 0.333. The molecule has 0 fully saturated rings. The first kappa shape index (κ1) is 13.7. The summed E-state index contributed by atoms with van der Waals surface area (Å²) in [5, 5.41) is 0. The molecule has 0 saturated heterocycles. The van der Waals surface area contributed by atoms with Gasteiger partial charge in [0, 0.05) is 4.47 Å². The van der Waals surface area contributed by atoms with Gasteiger partial charge in [-0.25, -0.2) is 0 Å². The first-order valence-electron chi connectivity index (χ1n) is 5.17. The Balaban J connectivity index is 2.33. The summed E-state index contributed by atoms with van der Waals surface area (Å²) in [6.07, 6.45) is -0.343. The van der Waals surface area contributed by atoms with E-state index < -0.39 is 11.9 Å². The van der Waals surface area contributed by atoms with Crippen molar-refractivity contribution in [2.75, 3.05) is 6.61 Å². The van der Waals surface area contributed by atoms with Gasteiger partial charge in [-0.05, 0) is 24.6 Å². The van der Waals surface area contributed by atoms with Gasteiger partial charge in [0.1, 0.15) is 13.0 Å². The monoisotopic (exact) mass is 300 g/mol. The van der Waals surface area contributed by atoms with Gasteiger partial charge in [0.25, 0.3) is 0 Å². The molecule has 0 atom stereocenters. The van der Waals surface area contributed by atoms with Crippen molar-refractivity contribution >= 4 is 27.9 Å². The molecule has 0 aliphatic carbocycles. The predicted molar refractivity (Wildman–Crippen MR) is 65.2 cm³/mol. The van der Waals surface area contributed by atoms with Crippen LogP contribution in [0.4, 0.5) is 0 Å². The minimum Gasteiger partial charge on any atom is -0.466 e. The number of ether oxygens (including phenoxy) is 2. The quantitative estimate of drug-likeness (QED) is 0.619. The lowest BCUT2D eigenvalue weighted by atomic mass is 10.2. The lowest BCUT2D eigenvalue weighted by Crippen LogP contribution is -2.13. The minimum atomic E-state index is -0.577. The van der Waals surface area contributed by atoms with Crippen molar-refractivity contribution in [3.8, 4) is 0 Å². The van der Waals surface area contributed by atoms with Crippen LogP contribution in [0.5, 0.6) is 0 Å². The molecule has 5 heteroatoms. The maximum atomic E-state index is 11.2. The highest BCUT2D eigenvalue weighted by atomic mass is 79.9. The van der Waals surface area contributed by atoms with Crippen LogP contribution < -0.4 is 0 Å². The van der Waals surface area contributed by atoms with E-state index in [0.717, 1.165) is 10.0 Å². The van der Waals surface area contributed by atoms with Crippen LogP contribution in [-0.4, -0.2) is 18.5 Å². The molecular formula is C12H13BrO4. The summed E-state index contributed by atoms with van der Waals surface area (Å²) in [5.74, 6) is -1.14. The van der Waals surface area contributed by atoms with Crippen molar-refractivity contribution in [2.24, 2.45) is 0 Å². The van der Waals surface area contributed by atoms with Gasteiger partial charge in [0.2, 0.25) is 0 Å². The first-order valence-corrected chi connectivity index (χ1v) is 5.96. The second kappa shape index (κ2) is 7.06. The average molecular weight is 301 g/mol. The highest BCUT2D eigenvalue weighted by Crippen LogP contribution is 2.11. The Bertz CT molecular complexity index is 386. The number of rotatable bonds is 5. The third-order valence-corrected chi connectivity index (χ3v) is 2.44. The van der Waals surface area contributed by atoms with Gasteiger partial charge in [-0.3, -0.25) is 9.59 Å². The lowest BCUT2D eigenvalue weighted by Gasteiger charge is -2.04. The molecule has 0 aliphatic heterocycles. The molecular weight excluding hydrogens is 288 g/mol. The van der Waals surface area contributed by atoms with Crippen LogP contribution in [0.25, 0.3) is 0 Å². The maximum Gasteiger partial charge on any atom is 0.317 e. The summed E-state index contributed by atoms with van der Waals surface area (Å²) < 4.78 is 10.5. The highest BCUT2D eigenvalue weighted by Gasteiger charge is 2.11. The lowest BCUT2D eigenvalue weighted by molar-refractivity contribution is -0.155. The van der Waals surface area contributed by atoms with Crippen molar-refractivity contribution in [1.29, 1.82) is 0 Å². The van der Waals surface area contributed by atoms with E-state index in [2.05, 4.69) is 20.7 Å². The van der Waals surface area contributed by atoms with Crippen molar-refractivity contribution in [3.63, 3.8) is 0 Å². The van der Waals surface area contributed by atoms with Crippen LogP contribution in [0.2, 0.25) is 0 Å². The first-order chi connectivity index (χ1) is 8.11. The van der Waals surface area contributed by atoms with E-state index in [4.69, 9.17) is 4.74 Å². The number of halogens is 1. The van der Waals surface area contributed by atoms with Crippen molar-refractivity contribution < 1.29 is 19.1 Å². The molecule has 0 heterocycles. The summed E-state index contributed by atoms with van der Waals surface area (Å²) in [6, 6.07) is 7.38. The smallest absolute Gasteiger partial charge is 0.317 e. The molecule has 0 amide bonds. The Morgan fingerprint density at radius 1 is 1.12 bits per heavy atom. The normalized spacial score (nSPS) is 9.76. The Hall–Kier alpha value is -1.36. The Morgan fingerprint density at radius 3 is 2.29 bits per heavy atom. The molecule has 0 aromatic heterocycles. The zero-order valence-electron chi connectivity index (χ0n) is 9.44. The second-order valence-corrected chi connectivity index (χ2v) is 4.18. The molecule has 0 radical (unpaired) electrons. The summed E-state index contributed by atoms with van der Waals surface area (Å²) in [4.78, 5) is 22.2. The van der Waals surface area contributed by atoms with Crippen LogP contribution in [0.1, 0.15) is 18.9 Å². The van der Waals surface area contributed by atoms with Crippen LogP contribution in [0.3, 0.4) is 0 Å². The predicted octanol–water partition coefficient (Wildman–Crippen LogP) is 2.45. The van der Waals surface area contributed by atoms with Crippen molar-refractivity contribution in [3.05, 3.63) is 34.3 Å². The third kappa shape index (κ3) is 5.49. The fourth-order valence-electron chi connectivity index (χ4n) is 1.13. The molecule has 0 N–H and O–H groups in total. The standard InChI is InChI=1S/C12H13BrO4/c1-2-16-11(14)7-12(15)17-8-9-3-5-10(13)6-4-9/h3-6H,2,7-8H2,1H3. The van der Waals surface area contributed by atoms with Gasteiger partial charge in [-0.2, -0.15) is 0 Å². The SMILES string of the molecule is CCOC(=O)CC(=O)OCc1ccc(Br)cc1. The van der Waals surface area contributed by atoms with Crippen LogP contribution in [0.15, 0.2) is 28.7 Å². The van der Waals surface area contributed by atoms with Crippen LogP contribution >= 0.6 is 15.9 Å². The molecule has 0 bridgehead atoms. The molecule has 0 unspecified atom stereocenters. The van der Waals surface area contributed by atoms with E-state index in [0.29, 0.717) is 0 Å². The van der Waals surface area contributed by atoms with Gasteiger partial charge in [-0.15, -0.1) is 0 Å². The topological polar surface area (TPSA) is 52.6 Å². The van der Waals surface area contributed by atoms with Gasteiger partial charge in [0.05, 0.1) is 6.61 Å². The van der Waals surface area contributed by atoms with Crippen LogP contribution in [-0.2, 0) is 25.7 Å². The van der Waals surface area contributed by atoms with Gasteiger partial charge >= 0.3 is 11.9 Å². The molecule has 92 valence electrons. The minimum absolute atomic E-state index is 0.158. The van der Waals surface area contributed by atoms with Crippen molar-refractivity contribution in [2.45, 2.75) is 20.0 Å². The summed E-state index contributed by atoms with van der Waals surface area (Å²) in [5.41, 5.74) is 0.866. The molecule has 4 nitrogen and oxygen atoms in total. The van der Waals surface area contributed by atoms with E-state index in [-0.39, 0.29) is 19.6 Å². The van der Waals surface area contributed by atoms with E-state index >= 15 is 0 Å². The van der Waals surface area contributed by atoms with E-state index in [1.54, 1.807) is 6.92 Å². The average Bonchev–Trinajstić information content (AvgIpc) is 2.28. The zero-order valence-corrected chi connectivity index (χ0v) is 11.0. The fourth-order valence-corrected chi connectivity index (χ4v) is 1.39. The highest BCUT2D eigenvalue weighted by molar-refractivity contribution is 9.10. The van der Waals surface area contributed by atoms with Gasteiger partial charge in [0.15, 0.2) is 0 Å². The van der Waals surface area contributed by atoms with Gasteiger partial charge in [-0.1, -0.05) is 28.1 Å². The molecule has 17 heavy (non-hydrogen) atoms. The van der Waals surface area contributed by atoms with E-state index in [1.165, 1.54) is 0 Å². The molecule has 1 aromatic rings. The Morgan fingerprint density at radius 2 is 1.71 bits per heavy atom. The number of carbonyl (C=O) groups is 2. The molecule has 1 rings (SSSR count). The number of esters is 2. The summed E-state index contributed by atoms with van der Waals surface area (Å²) >= 11 is 3.31. The number of carbonyl (C=O) groups excluding carboxylic acids is 2. The summed E-state index contributed by atoms with van der Waals surface area (Å²) in [7, 11) is 0. The Kier molecular flexibility index (Phi) is 5.69. The number of hydrogen-bond donors (Lipinski definition) is 0. The Labute approximate surface area is 108 Å². The second-order valence-electron chi connectivity index (χ2n) is 3.27. The third-order valence-electron chi connectivity index (χ3n) is 1.91. The molecule has 0 spiro atoms. The van der Waals surface area contributed by atoms with E-state index in [1.807, 2.05) is 24.3 Å². The van der Waals surface area contributed by atoms with E-state index in [9.17, 15) is 9.59 Å². The zero-order chi connectivity index (χ0) is 12.7. The van der Waals surface area contributed by atoms with Crippen LogP contribution in [0, 0.1) is 0 Å². The maximum absolute atomic E-state index is 11.2. The number of benzene rings is 1. The molecule has 0 saturated carbocycles. The van der Waals surface area contributed by atoms with Gasteiger partial charge < -0.3 is 9.47 Å². The van der Waals surface area contributed by atoms with Crippen molar-refractivity contribution in [1.82, 2.24) is 0 Å². The summed E-state index contributed by atoms with van der Waals surface area (Å²) in [6.45, 7) is 2.11.